The highest BCUT2D eigenvalue weighted by Crippen LogP contribution is 2.34. The van der Waals surface area contributed by atoms with Crippen molar-refractivity contribution < 1.29 is 4.74 Å². The monoisotopic (exact) mass is 308 g/mol. The fraction of sp³-hybridized carbons (Fsp3) is 0.941. The van der Waals surface area contributed by atoms with Crippen molar-refractivity contribution in [3.05, 3.63) is 0 Å². The van der Waals surface area contributed by atoms with Crippen molar-refractivity contribution in [2.24, 2.45) is 4.99 Å². The molecule has 0 aliphatic carbocycles. The molecule has 0 saturated carbocycles. The fourth-order valence-electron chi connectivity index (χ4n) is 4.03. The van der Waals surface area contributed by atoms with Crippen LogP contribution >= 0.6 is 0 Å². The molecule has 5 nitrogen and oxygen atoms in total. The van der Waals surface area contributed by atoms with Gasteiger partial charge in [0.05, 0.1) is 18.2 Å². The molecule has 0 aromatic heterocycles. The van der Waals surface area contributed by atoms with Gasteiger partial charge >= 0.3 is 0 Å². The van der Waals surface area contributed by atoms with Crippen LogP contribution in [0.1, 0.15) is 51.4 Å². The number of nitrogens with zero attached hydrogens (tertiary/aromatic N) is 2. The minimum atomic E-state index is 0.403. The van der Waals surface area contributed by atoms with Gasteiger partial charge in [-0.25, -0.2) is 0 Å². The number of hydrogen-bond acceptors (Lipinski definition) is 3. The average Bonchev–Trinajstić information content (AvgIpc) is 3.05. The maximum absolute atomic E-state index is 5.90. The number of guanidine groups is 1. The first-order valence-corrected chi connectivity index (χ1v) is 9.20. The lowest BCUT2D eigenvalue weighted by atomic mass is 9.96. The van der Waals surface area contributed by atoms with Crippen molar-refractivity contribution in [2.45, 2.75) is 69.6 Å². The molecule has 3 fully saturated rings. The minimum absolute atomic E-state index is 0.403. The van der Waals surface area contributed by atoms with Crippen molar-refractivity contribution in [1.82, 2.24) is 15.5 Å². The summed E-state index contributed by atoms with van der Waals surface area (Å²) < 4.78 is 5.90. The molecule has 22 heavy (non-hydrogen) atoms. The molecule has 3 atom stereocenters. The van der Waals surface area contributed by atoms with Crippen molar-refractivity contribution in [3.63, 3.8) is 0 Å². The summed E-state index contributed by atoms with van der Waals surface area (Å²) in [5.74, 6) is 0.942. The van der Waals surface area contributed by atoms with Crippen molar-refractivity contribution >= 4 is 5.96 Å². The molecule has 3 heterocycles. The Balaban J connectivity index is 1.31. The van der Waals surface area contributed by atoms with Crippen LogP contribution < -0.4 is 10.6 Å². The summed E-state index contributed by atoms with van der Waals surface area (Å²) in [7, 11) is 1.86. The third kappa shape index (κ3) is 4.35. The SMILES string of the molecule is CN=C(NCCCN1CCCCCC1)NC1CC2CCC1O2. The number of fused-ring (bicyclic) bond motifs is 2. The van der Waals surface area contributed by atoms with Crippen LogP contribution in [0.3, 0.4) is 0 Å². The molecule has 3 unspecified atom stereocenters. The molecule has 3 aliphatic heterocycles. The molecular formula is C17H32N4O. The quantitative estimate of drug-likeness (QED) is 0.461. The average molecular weight is 308 g/mol. The summed E-state index contributed by atoms with van der Waals surface area (Å²) in [5, 5.41) is 7.01. The second-order valence-electron chi connectivity index (χ2n) is 6.97. The smallest absolute Gasteiger partial charge is 0.191 e. The zero-order chi connectivity index (χ0) is 15.2. The second kappa shape index (κ2) is 8.16. The number of nitrogens with one attached hydrogen (secondary N) is 2. The molecule has 0 aromatic rings. The van der Waals surface area contributed by atoms with Gasteiger partial charge in [-0.05, 0) is 58.2 Å². The number of ether oxygens (including phenoxy) is 1. The molecule has 3 aliphatic rings. The van der Waals surface area contributed by atoms with E-state index >= 15 is 0 Å². The number of aliphatic imine (C=N–C) groups is 1. The minimum Gasteiger partial charge on any atom is -0.373 e. The molecule has 2 bridgehead atoms. The lowest BCUT2D eigenvalue weighted by Gasteiger charge is -2.23. The standard InChI is InChI=1S/C17H32N4O/c1-18-17(20-15-13-14-7-8-16(15)22-14)19-9-6-12-21-10-4-2-3-5-11-21/h14-16H,2-13H2,1H3,(H2,18,19,20). The van der Waals surface area contributed by atoms with E-state index in [0.717, 1.165) is 18.9 Å². The van der Waals surface area contributed by atoms with E-state index in [2.05, 4.69) is 20.5 Å². The highest BCUT2D eigenvalue weighted by molar-refractivity contribution is 5.80. The van der Waals surface area contributed by atoms with Gasteiger partial charge in [0.2, 0.25) is 0 Å². The van der Waals surface area contributed by atoms with Gasteiger partial charge in [-0.3, -0.25) is 4.99 Å². The number of likely N-dealkylation sites (tertiary alicyclic amines) is 1. The van der Waals surface area contributed by atoms with Crippen LogP contribution in [0.25, 0.3) is 0 Å². The summed E-state index contributed by atoms with van der Waals surface area (Å²) in [4.78, 5) is 6.98. The van der Waals surface area contributed by atoms with Crippen molar-refractivity contribution in [2.75, 3.05) is 33.2 Å². The van der Waals surface area contributed by atoms with E-state index in [4.69, 9.17) is 4.74 Å². The van der Waals surface area contributed by atoms with Gasteiger partial charge in [0, 0.05) is 13.6 Å². The molecule has 0 amide bonds. The molecule has 2 N–H and O–H groups in total. The van der Waals surface area contributed by atoms with Crippen LogP contribution in [0.4, 0.5) is 0 Å². The van der Waals surface area contributed by atoms with Gasteiger partial charge < -0.3 is 20.3 Å². The predicted octanol–water partition coefficient (Wildman–Crippen LogP) is 1.74. The molecule has 0 radical (unpaired) electrons. The third-order valence-electron chi connectivity index (χ3n) is 5.29. The van der Waals surface area contributed by atoms with Crippen molar-refractivity contribution in [3.8, 4) is 0 Å². The van der Waals surface area contributed by atoms with E-state index < -0.39 is 0 Å². The second-order valence-corrected chi connectivity index (χ2v) is 6.97. The third-order valence-corrected chi connectivity index (χ3v) is 5.29. The van der Waals surface area contributed by atoms with Gasteiger partial charge in [0.25, 0.3) is 0 Å². The summed E-state index contributed by atoms with van der Waals surface area (Å²) >= 11 is 0. The first-order chi connectivity index (χ1) is 10.8. The zero-order valence-electron chi connectivity index (χ0n) is 14.0. The van der Waals surface area contributed by atoms with E-state index in [1.165, 1.54) is 64.6 Å². The molecule has 126 valence electrons. The lowest BCUT2D eigenvalue weighted by Crippen LogP contribution is -2.47. The maximum atomic E-state index is 5.90. The van der Waals surface area contributed by atoms with E-state index in [1.807, 2.05) is 7.05 Å². The van der Waals surface area contributed by atoms with Crippen LogP contribution in [-0.4, -0.2) is 62.3 Å². The largest absolute Gasteiger partial charge is 0.373 e. The molecule has 0 aromatic carbocycles. The first-order valence-electron chi connectivity index (χ1n) is 9.20. The summed E-state index contributed by atoms with van der Waals surface area (Å²) in [6.45, 7) is 4.78. The Bertz CT molecular complexity index is 366. The highest BCUT2D eigenvalue weighted by Gasteiger charge is 2.41. The van der Waals surface area contributed by atoms with Crippen molar-refractivity contribution in [1.29, 1.82) is 0 Å². The Labute approximate surface area is 134 Å². The van der Waals surface area contributed by atoms with Crippen LogP contribution in [-0.2, 0) is 4.74 Å². The summed E-state index contributed by atoms with van der Waals surface area (Å²) in [6, 6.07) is 0.454. The van der Waals surface area contributed by atoms with Gasteiger partial charge in [0.15, 0.2) is 5.96 Å². The van der Waals surface area contributed by atoms with Crippen LogP contribution in [0, 0.1) is 0 Å². The van der Waals surface area contributed by atoms with Crippen LogP contribution in [0.5, 0.6) is 0 Å². The fourth-order valence-corrected chi connectivity index (χ4v) is 4.03. The van der Waals surface area contributed by atoms with Gasteiger partial charge in [-0.15, -0.1) is 0 Å². The molecule has 3 rings (SSSR count). The first kappa shape index (κ1) is 16.1. The Kier molecular flexibility index (Phi) is 5.96. The normalized spacial score (nSPS) is 33.0. The van der Waals surface area contributed by atoms with E-state index in [9.17, 15) is 0 Å². The summed E-state index contributed by atoms with van der Waals surface area (Å²) in [6.07, 6.45) is 11.2. The molecule has 3 saturated heterocycles. The van der Waals surface area contributed by atoms with E-state index in [1.54, 1.807) is 0 Å². The Morgan fingerprint density at radius 3 is 2.64 bits per heavy atom. The van der Waals surface area contributed by atoms with Crippen LogP contribution in [0.2, 0.25) is 0 Å². The number of hydrogen-bond donors (Lipinski definition) is 2. The Hall–Kier alpha value is -0.810. The highest BCUT2D eigenvalue weighted by atomic mass is 16.5. The zero-order valence-corrected chi connectivity index (χ0v) is 14.0. The number of rotatable bonds is 5. The Morgan fingerprint density at radius 1 is 1.18 bits per heavy atom. The molecule has 5 heteroatoms. The molecule has 0 spiro atoms. The molecular weight excluding hydrogens is 276 g/mol. The van der Waals surface area contributed by atoms with Crippen LogP contribution in [0.15, 0.2) is 4.99 Å². The van der Waals surface area contributed by atoms with E-state index in [0.29, 0.717) is 18.2 Å². The summed E-state index contributed by atoms with van der Waals surface area (Å²) in [5.41, 5.74) is 0. The predicted molar refractivity (Wildman–Crippen MR) is 90.3 cm³/mol. The van der Waals surface area contributed by atoms with Gasteiger partial charge in [0.1, 0.15) is 0 Å². The van der Waals surface area contributed by atoms with E-state index in [-0.39, 0.29) is 0 Å². The Morgan fingerprint density at radius 2 is 2.00 bits per heavy atom. The lowest BCUT2D eigenvalue weighted by molar-refractivity contribution is 0.0992. The van der Waals surface area contributed by atoms with Gasteiger partial charge in [-0.2, -0.15) is 0 Å². The maximum Gasteiger partial charge on any atom is 0.191 e. The van der Waals surface area contributed by atoms with Gasteiger partial charge in [-0.1, -0.05) is 12.8 Å². The topological polar surface area (TPSA) is 48.9 Å².